The first-order valence-electron chi connectivity index (χ1n) is 3.72. The van der Waals surface area contributed by atoms with Crippen molar-refractivity contribution in [2.45, 2.75) is 13.0 Å². The Labute approximate surface area is 74.8 Å². The molecule has 0 N–H and O–H groups in total. The van der Waals surface area contributed by atoms with E-state index in [0.29, 0.717) is 0 Å². The second kappa shape index (κ2) is 3.89. The van der Waals surface area contributed by atoms with E-state index in [2.05, 4.69) is 0 Å². The van der Waals surface area contributed by atoms with Gasteiger partial charge >= 0.3 is 0 Å². The molecule has 0 fully saturated rings. The molecular formula is C9H8FO3-. The van der Waals surface area contributed by atoms with Gasteiger partial charge in [0.15, 0.2) is 0 Å². The fraction of sp³-hybridized carbons (Fsp3) is 0.222. The van der Waals surface area contributed by atoms with Gasteiger partial charge in [-0.15, -0.1) is 0 Å². The Hall–Kier alpha value is -1.58. The molecule has 13 heavy (non-hydrogen) atoms. The maximum Gasteiger partial charge on any atom is 0.135 e. The van der Waals surface area contributed by atoms with Crippen LogP contribution in [0.4, 0.5) is 4.39 Å². The van der Waals surface area contributed by atoms with E-state index in [1.54, 1.807) is 0 Å². The molecule has 70 valence electrons. The molecule has 0 bridgehead atoms. The van der Waals surface area contributed by atoms with Gasteiger partial charge in [0.25, 0.3) is 0 Å². The van der Waals surface area contributed by atoms with Crippen molar-refractivity contribution < 1.29 is 19.0 Å². The summed E-state index contributed by atoms with van der Waals surface area (Å²) >= 11 is 0. The normalized spacial score (nSPS) is 12.2. The second-order valence-corrected chi connectivity index (χ2v) is 2.54. The number of rotatable bonds is 3. The lowest BCUT2D eigenvalue weighted by molar-refractivity contribution is -0.312. The summed E-state index contributed by atoms with van der Waals surface area (Å²) in [4.78, 5) is 10.3. The Kier molecular flexibility index (Phi) is 2.84. The highest BCUT2D eigenvalue weighted by Crippen LogP contribution is 2.13. The van der Waals surface area contributed by atoms with Crippen LogP contribution < -0.4 is 9.84 Å². The van der Waals surface area contributed by atoms with Crippen molar-refractivity contribution in [3.63, 3.8) is 0 Å². The van der Waals surface area contributed by atoms with Gasteiger partial charge in [0.05, 0.1) is 5.97 Å². The van der Waals surface area contributed by atoms with Crippen molar-refractivity contribution in [3.8, 4) is 5.75 Å². The molecule has 0 saturated heterocycles. The Morgan fingerprint density at radius 1 is 1.62 bits per heavy atom. The van der Waals surface area contributed by atoms with Crippen LogP contribution in [-0.2, 0) is 4.79 Å². The third kappa shape index (κ3) is 2.74. The fourth-order valence-corrected chi connectivity index (χ4v) is 0.793. The summed E-state index contributed by atoms with van der Waals surface area (Å²) < 4.78 is 17.4. The average Bonchev–Trinajstić information content (AvgIpc) is 2.04. The standard InChI is InChI=1S/C9H9FO3/c1-6(9(11)12)13-8-4-2-3-7(10)5-8/h2-6H,1H3,(H,11,12)/p-1/t6-/m0/s1. The van der Waals surface area contributed by atoms with Crippen molar-refractivity contribution in [1.29, 1.82) is 0 Å². The fourth-order valence-electron chi connectivity index (χ4n) is 0.793. The Bertz CT molecular complexity index is 311. The first-order chi connectivity index (χ1) is 6.09. The maximum atomic E-state index is 12.6. The van der Waals surface area contributed by atoms with Crippen LogP contribution in [0.3, 0.4) is 0 Å². The largest absolute Gasteiger partial charge is 0.546 e. The van der Waals surface area contributed by atoms with Crippen LogP contribution in [0.1, 0.15) is 6.92 Å². The highest BCUT2D eigenvalue weighted by Gasteiger charge is 2.04. The van der Waals surface area contributed by atoms with Gasteiger partial charge in [0.2, 0.25) is 0 Å². The molecule has 0 spiro atoms. The van der Waals surface area contributed by atoms with E-state index in [9.17, 15) is 14.3 Å². The van der Waals surface area contributed by atoms with E-state index in [-0.39, 0.29) is 5.75 Å². The van der Waals surface area contributed by atoms with E-state index in [1.807, 2.05) is 0 Å². The predicted octanol–water partition coefficient (Wildman–Crippen LogP) is 0.343. The summed E-state index contributed by atoms with van der Waals surface area (Å²) in [5.41, 5.74) is 0. The van der Waals surface area contributed by atoms with Gasteiger partial charge in [-0.1, -0.05) is 6.07 Å². The third-order valence-corrected chi connectivity index (χ3v) is 1.44. The van der Waals surface area contributed by atoms with Crippen molar-refractivity contribution in [2.75, 3.05) is 0 Å². The molecule has 0 saturated carbocycles. The molecule has 0 aliphatic rings. The van der Waals surface area contributed by atoms with Crippen LogP contribution in [0.25, 0.3) is 0 Å². The summed E-state index contributed by atoms with van der Waals surface area (Å²) in [7, 11) is 0. The lowest BCUT2D eigenvalue weighted by Gasteiger charge is -2.14. The van der Waals surface area contributed by atoms with Crippen LogP contribution >= 0.6 is 0 Å². The molecule has 0 aromatic heterocycles. The minimum atomic E-state index is -1.33. The van der Waals surface area contributed by atoms with Gasteiger partial charge in [-0.3, -0.25) is 0 Å². The van der Waals surface area contributed by atoms with Crippen LogP contribution in [0.15, 0.2) is 24.3 Å². The smallest absolute Gasteiger partial charge is 0.135 e. The Morgan fingerprint density at radius 2 is 2.31 bits per heavy atom. The molecule has 0 aliphatic carbocycles. The van der Waals surface area contributed by atoms with Crippen molar-refractivity contribution >= 4 is 5.97 Å². The number of carboxylic acid groups (broad SMARTS) is 1. The number of carbonyl (C=O) groups is 1. The summed E-state index contributed by atoms with van der Waals surface area (Å²) in [6, 6.07) is 5.27. The molecule has 1 aromatic rings. The summed E-state index contributed by atoms with van der Waals surface area (Å²) in [6.45, 7) is 1.32. The molecular weight excluding hydrogens is 175 g/mol. The number of carbonyl (C=O) groups excluding carboxylic acids is 1. The van der Waals surface area contributed by atoms with Crippen molar-refractivity contribution in [3.05, 3.63) is 30.1 Å². The Balaban J connectivity index is 2.69. The zero-order valence-electron chi connectivity index (χ0n) is 6.99. The average molecular weight is 183 g/mol. The van der Waals surface area contributed by atoms with E-state index >= 15 is 0 Å². The molecule has 0 unspecified atom stereocenters. The van der Waals surface area contributed by atoms with Crippen LogP contribution in [-0.4, -0.2) is 12.1 Å². The quantitative estimate of drug-likeness (QED) is 0.679. The highest BCUT2D eigenvalue weighted by molar-refractivity contribution is 5.69. The summed E-state index contributed by atoms with van der Waals surface area (Å²) in [5.74, 6) is -1.62. The van der Waals surface area contributed by atoms with Gasteiger partial charge in [0, 0.05) is 6.07 Å². The molecule has 0 amide bonds. The monoisotopic (exact) mass is 183 g/mol. The molecule has 1 rings (SSSR count). The van der Waals surface area contributed by atoms with Crippen LogP contribution in [0.5, 0.6) is 5.75 Å². The zero-order valence-corrected chi connectivity index (χ0v) is 6.99. The minimum Gasteiger partial charge on any atom is -0.546 e. The molecule has 0 radical (unpaired) electrons. The summed E-state index contributed by atoms with van der Waals surface area (Å²) in [6.07, 6.45) is -1.08. The number of carboxylic acids is 1. The SMILES string of the molecule is C[C@H](Oc1cccc(F)c1)C(=O)[O-]. The highest BCUT2D eigenvalue weighted by atomic mass is 19.1. The van der Waals surface area contributed by atoms with E-state index in [0.717, 1.165) is 6.07 Å². The molecule has 1 aromatic carbocycles. The van der Waals surface area contributed by atoms with Crippen LogP contribution in [0.2, 0.25) is 0 Å². The number of halogens is 1. The van der Waals surface area contributed by atoms with Gasteiger partial charge < -0.3 is 14.6 Å². The third-order valence-electron chi connectivity index (χ3n) is 1.44. The minimum absolute atomic E-state index is 0.178. The number of hydrogen-bond donors (Lipinski definition) is 0. The van der Waals surface area contributed by atoms with Crippen LogP contribution in [0, 0.1) is 5.82 Å². The number of hydrogen-bond acceptors (Lipinski definition) is 3. The maximum absolute atomic E-state index is 12.6. The van der Waals surface area contributed by atoms with Gasteiger partial charge in [0.1, 0.15) is 17.7 Å². The molecule has 4 heteroatoms. The lowest BCUT2D eigenvalue weighted by atomic mass is 10.3. The van der Waals surface area contributed by atoms with E-state index in [4.69, 9.17) is 4.74 Å². The van der Waals surface area contributed by atoms with E-state index < -0.39 is 17.9 Å². The molecule has 0 aliphatic heterocycles. The first-order valence-corrected chi connectivity index (χ1v) is 3.72. The molecule has 3 nitrogen and oxygen atoms in total. The topological polar surface area (TPSA) is 49.4 Å². The molecule has 0 heterocycles. The predicted molar refractivity (Wildman–Crippen MR) is 41.5 cm³/mol. The van der Waals surface area contributed by atoms with Crippen molar-refractivity contribution in [2.24, 2.45) is 0 Å². The summed E-state index contributed by atoms with van der Waals surface area (Å²) in [5, 5.41) is 10.3. The molecule has 1 atom stereocenters. The second-order valence-electron chi connectivity index (χ2n) is 2.54. The van der Waals surface area contributed by atoms with Gasteiger partial charge in [-0.2, -0.15) is 0 Å². The van der Waals surface area contributed by atoms with E-state index in [1.165, 1.54) is 25.1 Å². The Morgan fingerprint density at radius 3 is 2.85 bits per heavy atom. The zero-order chi connectivity index (χ0) is 9.84. The van der Waals surface area contributed by atoms with Crippen molar-refractivity contribution in [1.82, 2.24) is 0 Å². The van der Waals surface area contributed by atoms with Gasteiger partial charge in [-0.25, -0.2) is 4.39 Å². The number of benzene rings is 1. The first kappa shape index (κ1) is 9.51. The number of aliphatic carboxylic acids is 1. The van der Waals surface area contributed by atoms with Gasteiger partial charge in [-0.05, 0) is 19.1 Å². The number of ether oxygens (including phenoxy) is 1. The lowest BCUT2D eigenvalue weighted by Crippen LogP contribution is -2.37.